The summed E-state index contributed by atoms with van der Waals surface area (Å²) in [7, 11) is 0. The van der Waals surface area contributed by atoms with E-state index in [1.807, 2.05) is 11.4 Å². The molecule has 3 heterocycles. The van der Waals surface area contributed by atoms with Crippen LogP contribution in [0.4, 0.5) is 0 Å². The summed E-state index contributed by atoms with van der Waals surface area (Å²) >= 11 is 1.50. The van der Waals surface area contributed by atoms with Crippen molar-refractivity contribution in [2.75, 3.05) is 6.61 Å². The average molecular weight is 335 g/mol. The monoisotopic (exact) mass is 335 g/mol. The van der Waals surface area contributed by atoms with Crippen molar-refractivity contribution in [1.82, 2.24) is 14.2 Å². The fourth-order valence-corrected chi connectivity index (χ4v) is 3.28. The van der Waals surface area contributed by atoms with E-state index in [1.165, 1.54) is 11.3 Å². The van der Waals surface area contributed by atoms with Gasteiger partial charge in [0.1, 0.15) is 17.7 Å². The van der Waals surface area contributed by atoms with Crippen LogP contribution in [0.5, 0.6) is 0 Å². The molecule has 0 aliphatic heterocycles. The van der Waals surface area contributed by atoms with Crippen LogP contribution in [0, 0.1) is 0 Å². The predicted molar refractivity (Wildman–Crippen MR) is 86.7 cm³/mol. The van der Waals surface area contributed by atoms with Crippen LogP contribution in [0.25, 0.3) is 15.7 Å². The van der Waals surface area contributed by atoms with Crippen LogP contribution in [0.2, 0.25) is 0 Å². The summed E-state index contributed by atoms with van der Waals surface area (Å²) in [4.78, 5) is 24.3. The molecule has 0 saturated heterocycles. The molecule has 0 atom stereocenters. The Bertz CT molecular complexity index is 945. The van der Waals surface area contributed by atoms with Crippen molar-refractivity contribution < 1.29 is 14.6 Å². The van der Waals surface area contributed by atoms with Gasteiger partial charge in [-0.25, -0.2) is 4.68 Å². The van der Waals surface area contributed by atoms with Crippen LogP contribution >= 0.6 is 11.3 Å². The summed E-state index contributed by atoms with van der Waals surface area (Å²) < 4.78 is 8.49. The van der Waals surface area contributed by atoms with Crippen molar-refractivity contribution in [3.8, 4) is 0 Å². The summed E-state index contributed by atoms with van der Waals surface area (Å²) in [6.45, 7) is 4.82. The van der Waals surface area contributed by atoms with Gasteiger partial charge in [0, 0.05) is 0 Å². The lowest BCUT2D eigenvalue weighted by Crippen LogP contribution is -2.34. The number of thiophene rings is 1. The fourth-order valence-electron chi connectivity index (χ4n) is 2.48. The summed E-state index contributed by atoms with van der Waals surface area (Å²) in [5.74, 6) is -0.244. The maximum atomic E-state index is 12.6. The van der Waals surface area contributed by atoms with Gasteiger partial charge in [-0.3, -0.25) is 14.0 Å². The summed E-state index contributed by atoms with van der Waals surface area (Å²) in [5.41, 5.74) is -0.483. The average Bonchev–Trinajstić information content (AvgIpc) is 3.02. The molecule has 0 aliphatic rings. The summed E-state index contributed by atoms with van der Waals surface area (Å²) in [6.07, 6.45) is 0. The van der Waals surface area contributed by atoms with Gasteiger partial charge in [0.05, 0.1) is 16.8 Å². The van der Waals surface area contributed by atoms with E-state index in [-0.39, 0.29) is 13.2 Å². The molecule has 0 spiro atoms. The minimum atomic E-state index is -1.28. The number of fused-ring (bicyclic) bond motifs is 3. The Morgan fingerprint density at radius 2 is 2.17 bits per heavy atom. The van der Waals surface area contributed by atoms with E-state index in [0.29, 0.717) is 11.3 Å². The Labute approximate surface area is 135 Å². The van der Waals surface area contributed by atoms with E-state index in [2.05, 4.69) is 5.10 Å². The molecule has 0 amide bonds. The van der Waals surface area contributed by atoms with Gasteiger partial charge in [-0.15, -0.1) is 11.3 Å². The molecule has 3 aromatic rings. The molecule has 0 aromatic carbocycles. The second-order valence-electron chi connectivity index (χ2n) is 5.69. The molecule has 0 bridgehead atoms. The zero-order chi connectivity index (χ0) is 16.8. The molecule has 0 radical (unpaired) electrons. The van der Waals surface area contributed by atoms with Crippen molar-refractivity contribution in [2.24, 2.45) is 0 Å². The van der Waals surface area contributed by atoms with Gasteiger partial charge < -0.3 is 9.84 Å². The van der Waals surface area contributed by atoms with Crippen LogP contribution in [0.1, 0.15) is 26.6 Å². The second-order valence-corrected chi connectivity index (χ2v) is 6.63. The van der Waals surface area contributed by atoms with E-state index < -0.39 is 17.1 Å². The standard InChI is InChI=1S/C15H17N3O4S/c1-4-22-12(19)8-17-13(20)10-7-11-9(5-6-23-11)18(10)14(16-17)15(2,3)21/h5-7,21H,4,8H2,1-3H3. The number of rotatable bonds is 4. The number of aromatic nitrogens is 3. The third-order valence-electron chi connectivity index (χ3n) is 3.44. The first-order valence-corrected chi connectivity index (χ1v) is 8.09. The van der Waals surface area contributed by atoms with E-state index in [1.54, 1.807) is 31.2 Å². The van der Waals surface area contributed by atoms with Crippen molar-refractivity contribution in [2.45, 2.75) is 32.9 Å². The van der Waals surface area contributed by atoms with Crippen molar-refractivity contribution >= 4 is 33.0 Å². The molecule has 0 fully saturated rings. The van der Waals surface area contributed by atoms with Crippen LogP contribution in [-0.4, -0.2) is 31.9 Å². The molecule has 7 nitrogen and oxygen atoms in total. The summed E-state index contributed by atoms with van der Waals surface area (Å²) in [5, 5.41) is 16.6. The van der Waals surface area contributed by atoms with Gasteiger partial charge in [0.2, 0.25) is 0 Å². The number of hydrogen-bond acceptors (Lipinski definition) is 6. The largest absolute Gasteiger partial charge is 0.465 e. The topological polar surface area (TPSA) is 85.8 Å². The molecule has 23 heavy (non-hydrogen) atoms. The quantitative estimate of drug-likeness (QED) is 0.730. The SMILES string of the molecule is CCOC(=O)Cn1nc(C(C)(C)O)n2c(cc3sccc32)c1=O. The van der Waals surface area contributed by atoms with Crippen LogP contribution < -0.4 is 5.56 Å². The third kappa shape index (κ3) is 2.64. The highest BCUT2D eigenvalue weighted by atomic mass is 32.1. The maximum Gasteiger partial charge on any atom is 0.327 e. The number of carbonyl (C=O) groups is 1. The molecule has 0 saturated carbocycles. The fraction of sp³-hybridized carbons (Fsp3) is 0.400. The van der Waals surface area contributed by atoms with Crippen LogP contribution in [0.3, 0.4) is 0 Å². The minimum Gasteiger partial charge on any atom is -0.465 e. The van der Waals surface area contributed by atoms with Crippen molar-refractivity contribution in [3.63, 3.8) is 0 Å². The number of ether oxygens (including phenoxy) is 1. The van der Waals surface area contributed by atoms with Crippen LogP contribution in [-0.2, 0) is 21.7 Å². The Morgan fingerprint density at radius 1 is 1.43 bits per heavy atom. The lowest BCUT2D eigenvalue weighted by molar-refractivity contribution is -0.144. The zero-order valence-electron chi connectivity index (χ0n) is 13.1. The minimum absolute atomic E-state index is 0.231. The predicted octanol–water partition coefficient (Wildman–Crippen LogP) is 1.50. The first-order valence-electron chi connectivity index (χ1n) is 7.21. The zero-order valence-corrected chi connectivity index (χ0v) is 13.9. The van der Waals surface area contributed by atoms with E-state index in [0.717, 1.165) is 14.9 Å². The first kappa shape index (κ1) is 15.7. The molecule has 122 valence electrons. The smallest absolute Gasteiger partial charge is 0.327 e. The molecular weight excluding hydrogens is 318 g/mol. The lowest BCUT2D eigenvalue weighted by atomic mass is 10.1. The van der Waals surface area contributed by atoms with Gasteiger partial charge in [-0.2, -0.15) is 5.10 Å². The number of aliphatic hydroxyl groups is 1. The number of nitrogens with zero attached hydrogens (tertiary/aromatic N) is 3. The summed E-state index contributed by atoms with van der Waals surface area (Å²) in [6, 6.07) is 3.62. The van der Waals surface area contributed by atoms with Crippen LogP contribution in [0.15, 0.2) is 22.3 Å². The molecule has 3 rings (SSSR count). The second kappa shape index (κ2) is 5.47. The van der Waals surface area contributed by atoms with Gasteiger partial charge >= 0.3 is 5.97 Å². The Kier molecular flexibility index (Phi) is 3.73. The van der Waals surface area contributed by atoms with Crippen molar-refractivity contribution in [3.05, 3.63) is 33.7 Å². The normalized spacial score (nSPS) is 12.2. The van der Waals surface area contributed by atoms with Gasteiger partial charge in [-0.1, -0.05) is 0 Å². The van der Waals surface area contributed by atoms with Gasteiger partial charge in [0.25, 0.3) is 5.56 Å². The Balaban J connectivity index is 2.29. The van der Waals surface area contributed by atoms with Gasteiger partial charge in [-0.05, 0) is 38.3 Å². The van der Waals surface area contributed by atoms with Crippen molar-refractivity contribution in [1.29, 1.82) is 0 Å². The molecular formula is C15H17N3O4S. The van der Waals surface area contributed by atoms with E-state index in [9.17, 15) is 14.7 Å². The lowest BCUT2D eigenvalue weighted by Gasteiger charge is -2.20. The van der Waals surface area contributed by atoms with E-state index >= 15 is 0 Å². The highest BCUT2D eigenvalue weighted by molar-refractivity contribution is 7.17. The molecule has 0 aliphatic carbocycles. The molecule has 8 heteroatoms. The highest BCUT2D eigenvalue weighted by Gasteiger charge is 2.26. The Morgan fingerprint density at radius 3 is 2.83 bits per heavy atom. The number of hydrogen-bond donors (Lipinski definition) is 1. The first-order chi connectivity index (χ1) is 10.8. The highest BCUT2D eigenvalue weighted by Crippen LogP contribution is 2.27. The third-order valence-corrected chi connectivity index (χ3v) is 4.29. The molecule has 0 unspecified atom stereocenters. The Hall–Kier alpha value is -2.19. The number of carbonyl (C=O) groups excluding carboxylic acids is 1. The number of esters is 1. The molecule has 1 N–H and O–H groups in total. The van der Waals surface area contributed by atoms with E-state index in [4.69, 9.17) is 4.74 Å². The maximum absolute atomic E-state index is 12.6. The molecule has 3 aromatic heterocycles. The van der Waals surface area contributed by atoms with Gasteiger partial charge in [0.15, 0.2) is 5.82 Å².